The van der Waals surface area contributed by atoms with Crippen molar-refractivity contribution in [1.29, 1.82) is 0 Å². The summed E-state index contributed by atoms with van der Waals surface area (Å²) in [4.78, 5) is 31.6. The Bertz CT molecular complexity index is 1660. The van der Waals surface area contributed by atoms with E-state index < -0.39 is 101 Å². The van der Waals surface area contributed by atoms with Gasteiger partial charge >= 0.3 is 18.1 Å². The van der Waals surface area contributed by atoms with Crippen LogP contribution in [0.1, 0.15) is 103 Å². The van der Waals surface area contributed by atoms with Gasteiger partial charge in [-0.15, -0.1) is 0 Å². The number of fused-ring (bicyclic) bond motifs is 3. The first-order valence-electron chi connectivity index (χ1n) is 21.3. The number of carboxylic acids is 1. The molecule has 4 heterocycles. The molecule has 0 aliphatic carbocycles. The van der Waals surface area contributed by atoms with Gasteiger partial charge in [0.2, 0.25) is 0 Å². The molecule has 5 rings (SSSR count). The lowest BCUT2D eigenvalue weighted by molar-refractivity contribution is -0.328. The van der Waals surface area contributed by atoms with E-state index in [2.05, 4.69) is 0 Å². The summed E-state index contributed by atoms with van der Waals surface area (Å²) in [7, 11) is 5.61. The van der Waals surface area contributed by atoms with Gasteiger partial charge in [0.1, 0.15) is 23.9 Å². The highest BCUT2D eigenvalue weighted by Gasteiger charge is 2.58. The third-order valence-corrected chi connectivity index (χ3v) is 13.6. The first-order valence-corrected chi connectivity index (χ1v) is 21.3. The summed E-state index contributed by atoms with van der Waals surface area (Å²) in [5.41, 5.74) is -4.91. The Balaban J connectivity index is 1.61. The number of carbonyl (C=O) groups is 2. The second-order valence-electron chi connectivity index (χ2n) is 18.7. The molecule has 60 heavy (non-hydrogen) atoms. The molecule has 14 nitrogen and oxygen atoms in total. The normalized spacial score (nSPS) is 40.2. The molecule has 1 aromatic carbocycles. The van der Waals surface area contributed by atoms with Crippen molar-refractivity contribution in [3.05, 3.63) is 29.3 Å². The van der Waals surface area contributed by atoms with Crippen LogP contribution in [0.5, 0.6) is 0 Å². The summed E-state index contributed by atoms with van der Waals surface area (Å²) in [6.07, 6.45) is -10.0. The number of carbonyl (C=O) groups excluding carboxylic acids is 1. The second-order valence-corrected chi connectivity index (χ2v) is 18.7. The van der Waals surface area contributed by atoms with E-state index in [1.807, 2.05) is 58.6 Å². The van der Waals surface area contributed by atoms with Crippen LogP contribution in [0.2, 0.25) is 0 Å². The smallest absolute Gasteiger partial charge is 0.417 e. The van der Waals surface area contributed by atoms with Gasteiger partial charge in [0.05, 0.1) is 41.0 Å². The molecule has 0 radical (unpaired) electrons. The van der Waals surface area contributed by atoms with E-state index in [0.717, 1.165) is 12.1 Å². The molecule has 1 spiro atoms. The number of piperidine rings is 1. The van der Waals surface area contributed by atoms with Gasteiger partial charge in [-0.05, 0) is 99.1 Å². The Morgan fingerprint density at radius 2 is 1.70 bits per heavy atom. The van der Waals surface area contributed by atoms with E-state index in [-0.39, 0.29) is 56.1 Å². The first-order chi connectivity index (χ1) is 27.7. The standard InChI is InChI=1S/C43H68F3N3O11/c1-12-32-41(8,55)35(51)27(6)48(11)22-23(2)21-40(7)36(58-39-33(50)31(47(9)10)19-24(3)56-39)25(4)34(26(5)38(54)57-32)59-42(60-40)15-17-49(18-16-42)28-13-14-29(37(52)53)30(20-28)43(44,45)46/h13-14,20,23-27,31-36,39,50-51,55H,12,15-19,21-22H2,1-11H3,(H,52,53)/t23-,24-,25+,26-,27-,31?,32-,33-,34+,35-,36-,39+,40-,41-/m1/s1. The number of hydrogen-bond acceptors (Lipinski definition) is 13. The highest BCUT2D eigenvalue weighted by molar-refractivity contribution is 5.90. The van der Waals surface area contributed by atoms with Crippen molar-refractivity contribution in [2.45, 2.75) is 166 Å². The summed E-state index contributed by atoms with van der Waals surface area (Å²) in [6, 6.07) is 2.33. The number of aliphatic hydroxyl groups excluding tert-OH is 2. The van der Waals surface area contributed by atoms with E-state index in [0.29, 0.717) is 19.4 Å². The lowest BCUT2D eigenvalue weighted by Crippen LogP contribution is -2.60. The number of benzene rings is 1. The first kappa shape index (κ1) is 48.4. The number of cyclic esters (lactones) is 1. The van der Waals surface area contributed by atoms with Crippen LogP contribution in [-0.2, 0) is 34.7 Å². The van der Waals surface area contributed by atoms with Gasteiger partial charge in [-0.3, -0.25) is 4.79 Å². The van der Waals surface area contributed by atoms with Crippen LogP contribution in [0, 0.1) is 17.8 Å². The predicted octanol–water partition coefficient (Wildman–Crippen LogP) is 4.75. The van der Waals surface area contributed by atoms with Crippen LogP contribution in [-0.4, -0.2) is 155 Å². The topological polar surface area (TPSA) is 171 Å². The maximum absolute atomic E-state index is 14.3. The van der Waals surface area contributed by atoms with Gasteiger partial charge in [-0.25, -0.2) is 4.79 Å². The number of likely N-dealkylation sites (N-methyl/N-ethyl adjacent to an activating group) is 2. The van der Waals surface area contributed by atoms with E-state index in [1.165, 1.54) is 13.0 Å². The molecule has 0 saturated carbocycles. The van der Waals surface area contributed by atoms with E-state index in [4.69, 9.17) is 23.7 Å². The molecule has 1 unspecified atom stereocenters. The monoisotopic (exact) mass is 859 g/mol. The second kappa shape index (κ2) is 18.2. The Morgan fingerprint density at radius 1 is 1.07 bits per heavy atom. The molecule has 2 bridgehead atoms. The zero-order valence-electron chi connectivity index (χ0n) is 36.9. The van der Waals surface area contributed by atoms with E-state index in [1.54, 1.807) is 25.7 Å². The lowest BCUT2D eigenvalue weighted by atomic mass is 9.78. The zero-order valence-corrected chi connectivity index (χ0v) is 36.9. The van der Waals surface area contributed by atoms with Crippen LogP contribution < -0.4 is 4.90 Å². The van der Waals surface area contributed by atoms with Crippen LogP contribution in [0.4, 0.5) is 18.9 Å². The fourth-order valence-corrected chi connectivity index (χ4v) is 10.2. The van der Waals surface area contributed by atoms with Crippen molar-refractivity contribution in [3.63, 3.8) is 0 Å². The molecule has 4 saturated heterocycles. The highest BCUT2D eigenvalue weighted by Crippen LogP contribution is 2.48. The molecule has 4 N–H and O–H groups in total. The number of carboxylic acid groups (broad SMARTS) is 1. The minimum atomic E-state index is -4.90. The molecule has 0 amide bonds. The zero-order chi connectivity index (χ0) is 44.9. The van der Waals surface area contributed by atoms with Gasteiger partial charge in [0, 0.05) is 56.2 Å². The van der Waals surface area contributed by atoms with E-state index >= 15 is 0 Å². The number of aliphatic hydroxyl groups is 3. The summed E-state index contributed by atoms with van der Waals surface area (Å²) in [6.45, 7) is 15.2. The minimum Gasteiger partial charge on any atom is -0.478 e. The highest BCUT2D eigenvalue weighted by atomic mass is 19.4. The average molecular weight is 860 g/mol. The summed E-state index contributed by atoms with van der Waals surface area (Å²) >= 11 is 0. The van der Waals surface area contributed by atoms with Gasteiger partial charge in [0.15, 0.2) is 12.1 Å². The SMILES string of the molecule is CC[C@H]1OC(=O)[C@H](C)[C@H]2OC3(CCN(c4ccc(C(=O)O)c(C(F)(F)F)c4)CC3)O[C@](C)(C[C@@H](C)CN(C)[C@H](C)[C@@H](O)[C@]1(C)O)[C@H](O[C@@H]1O[C@H](C)CC(N(C)C)[C@H]1O)[C@H]2C. The molecule has 342 valence electrons. The van der Waals surface area contributed by atoms with E-state index in [9.17, 15) is 43.2 Å². The molecule has 1 aromatic rings. The Kier molecular flexibility index (Phi) is 14.7. The van der Waals surface area contributed by atoms with Crippen LogP contribution in [0.25, 0.3) is 0 Å². The van der Waals surface area contributed by atoms with Crippen molar-refractivity contribution >= 4 is 17.6 Å². The van der Waals surface area contributed by atoms with Crippen LogP contribution >= 0.6 is 0 Å². The number of anilines is 1. The summed E-state index contributed by atoms with van der Waals surface area (Å²) in [5, 5.41) is 44.5. The largest absolute Gasteiger partial charge is 0.478 e. The number of rotatable bonds is 6. The number of hydrogen-bond donors (Lipinski definition) is 4. The van der Waals surface area contributed by atoms with Crippen molar-refractivity contribution in [1.82, 2.24) is 9.80 Å². The average Bonchev–Trinajstić information content (AvgIpc) is 3.24. The van der Waals surface area contributed by atoms with Crippen LogP contribution in [0.15, 0.2) is 18.2 Å². The predicted molar refractivity (Wildman–Crippen MR) is 215 cm³/mol. The number of aromatic carboxylic acids is 1. The minimum absolute atomic E-state index is 0.131. The fourth-order valence-electron chi connectivity index (χ4n) is 10.2. The number of nitrogens with zero attached hydrogens (tertiary/aromatic N) is 3. The van der Waals surface area contributed by atoms with Crippen molar-refractivity contribution < 1.29 is 66.9 Å². The maximum Gasteiger partial charge on any atom is 0.417 e. The quantitative estimate of drug-likeness (QED) is 0.289. The van der Waals surface area contributed by atoms with Gasteiger partial charge < -0.3 is 58.8 Å². The Morgan fingerprint density at radius 3 is 2.27 bits per heavy atom. The molecule has 4 fully saturated rings. The van der Waals surface area contributed by atoms with Gasteiger partial charge in [0.25, 0.3) is 0 Å². The number of alkyl halides is 3. The van der Waals surface area contributed by atoms with Crippen molar-refractivity contribution in [3.8, 4) is 0 Å². The van der Waals surface area contributed by atoms with Crippen molar-refractivity contribution in [2.24, 2.45) is 17.8 Å². The van der Waals surface area contributed by atoms with Gasteiger partial charge in [-0.1, -0.05) is 20.8 Å². The molecule has 4 aliphatic rings. The van der Waals surface area contributed by atoms with Gasteiger partial charge in [-0.2, -0.15) is 13.2 Å². The third-order valence-electron chi connectivity index (χ3n) is 13.6. The summed E-state index contributed by atoms with van der Waals surface area (Å²) in [5.74, 6) is -5.48. The molecule has 4 aliphatic heterocycles. The lowest BCUT2D eigenvalue weighted by Gasteiger charge is -2.49. The summed E-state index contributed by atoms with van der Waals surface area (Å²) < 4.78 is 75.9. The fraction of sp³-hybridized carbons (Fsp3) is 0.814. The maximum atomic E-state index is 14.3. The molecular weight excluding hydrogens is 791 g/mol. The number of ether oxygens (including phenoxy) is 5. The van der Waals surface area contributed by atoms with Crippen LogP contribution in [0.3, 0.4) is 0 Å². The van der Waals surface area contributed by atoms with Crippen molar-refractivity contribution in [2.75, 3.05) is 45.7 Å². The molecular formula is C43H68F3N3O11. The molecule has 17 heteroatoms. The number of halogens is 3. The number of esters is 1. The molecule has 0 aromatic heterocycles. The Hall–Kier alpha value is -2.61. The molecule has 14 atom stereocenters. The third kappa shape index (κ3) is 9.94. The Labute approximate surface area is 352 Å².